The van der Waals surface area contributed by atoms with Crippen molar-refractivity contribution >= 4 is 5.97 Å². The molecule has 0 aromatic heterocycles. The van der Waals surface area contributed by atoms with Gasteiger partial charge in [0, 0.05) is 17.6 Å². The lowest BCUT2D eigenvalue weighted by atomic mass is 9.75. The summed E-state index contributed by atoms with van der Waals surface area (Å²) in [6.45, 7) is 2.51. The van der Waals surface area contributed by atoms with E-state index in [0.29, 0.717) is 12.1 Å². The lowest BCUT2D eigenvalue weighted by molar-refractivity contribution is 0.0696. The molecule has 0 bridgehead atoms. The summed E-state index contributed by atoms with van der Waals surface area (Å²) in [4.78, 5) is 10.8. The third-order valence-corrected chi connectivity index (χ3v) is 3.93. The van der Waals surface area contributed by atoms with Crippen LogP contribution in [-0.2, 0) is 6.54 Å². The molecule has 0 heterocycles. The number of carbonyl (C=O) groups is 1. The number of aromatic carboxylic acids is 1. The Morgan fingerprint density at radius 2 is 2.22 bits per heavy atom. The van der Waals surface area contributed by atoms with E-state index in [9.17, 15) is 9.18 Å². The van der Waals surface area contributed by atoms with Crippen LogP contribution in [0.5, 0.6) is 0 Å². The van der Waals surface area contributed by atoms with Gasteiger partial charge >= 0.3 is 5.97 Å². The Hall–Kier alpha value is -1.42. The second-order valence-electron chi connectivity index (χ2n) is 4.95. The first-order valence-electron chi connectivity index (χ1n) is 6.33. The van der Waals surface area contributed by atoms with Crippen molar-refractivity contribution in [2.45, 2.75) is 44.7 Å². The SMILES string of the molecule is CCC1(NCc2cc(C(=O)O)ccc2F)CCC1. The molecule has 4 heteroatoms. The molecule has 2 rings (SSSR count). The van der Waals surface area contributed by atoms with Gasteiger partial charge in [0.25, 0.3) is 0 Å². The molecule has 0 unspecified atom stereocenters. The van der Waals surface area contributed by atoms with Crippen molar-refractivity contribution in [3.8, 4) is 0 Å². The molecule has 18 heavy (non-hydrogen) atoms. The highest BCUT2D eigenvalue weighted by Gasteiger charge is 2.34. The van der Waals surface area contributed by atoms with E-state index in [1.165, 1.54) is 24.6 Å². The third-order valence-electron chi connectivity index (χ3n) is 3.93. The highest BCUT2D eigenvalue weighted by molar-refractivity contribution is 5.87. The van der Waals surface area contributed by atoms with Crippen LogP contribution in [0.1, 0.15) is 48.5 Å². The summed E-state index contributed by atoms with van der Waals surface area (Å²) in [5.41, 5.74) is 0.688. The molecule has 98 valence electrons. The lowest BCUT2D eigenvalue weighted by Crippen LogP contribution is -2.50. The fourth-order valence-corrected chi connectivity index (χ4v) is 2.38. The van der Waals surface area contributed by atoms with Crippen molar-refractivity contribution in [2.75, 3.05) is 0 Å². The van der Waals surface area contributed by atoms with Gasteiger partial charge in [0.2, 0.25) is 0 Å². The summed E-state index contributed by atoms with van der Waals surface area (Å²) in [6, 6.07) is 3.92. The summed E-state index contributed by atoms with van der Waals surface area (Å²) in [6.07, 6.45) is 4.46. The first kappa shape index (κ1) is 13.0. The molecule has 1 aromatic carbocycles. The Bertz CT molecular complexity index is 450. The Labute approximate surface area is 106 Å². The molecule has 0 atom stereocenters. The number of carboxylic acids is 1. The molecule has 0 saturated heterocycles. The predicted molar refractivity (Wildman–Crippen MR) is 67.1 cm³/mol. The average Bonchev–Trinajstić information content (AvgIpc) is 2.30. The van der Waals surface area contributed by atoms with Crippen LogP contribution in [0.3, 0.4) is 0 Å². The smallest absolute Gasteiger partial charge is 0.335 e. The van der Waals surface area contributed by atoms with Crippen LogP contribution in [0.2, 0.25) is 0 Å². The standard InChI is InChI=1S/C14H18FNO2/c1-2-14(6-3-7-14)16-9-11-8-10(13(17)18)4-5-12(11)15/h4-5,8,16H,2-3,6-7,9H2,1H3,(H,17,18). The fraction of sp³-hybridized carbons (Fsp3) is 0.500. The first-order chi connectivity index (χ1) is 8.56. The highest BCUT2D eigenvalue weighted by Crippen LogP contribution is 2.34. The molecule has 0 amide bonds. The summed E-state index contributed by atoms with van der Waals surface area (Å²) in [7, 11) is 0. The van der Waals surface area contributed by atoms with Gasteiger partial charge in [0.15, 0.2) is 0 Å². The van der Waals surface area contributed by atoms with E-state index in [1.54, 1.807) is 0 Å². The predicted octanol–water partition coefficient (Wildman–Crippen LogP) is 2.95. The molecule has 2 N–H and O–H groups in total. The zero-order chi connectivity index (χ0) is 13.2. The third kappa shape index (κ3) is 2.53. The second-order valence-corrected chi connectivity index (χ2v) is 4.95. The van der Waals surface area contributed by atoms with Gasteiger partial charge in [-0.3, -0.25) is 0 Å². The zero-order valence-corrected chi connectivity index (χ0v) is 10.5. The van der Waals surface area contributed by atoms with Crippen LogP contribution < -0.4 is 5.32 Å². The van der Waals surface area contributed by atoms with Gasteiger partial charge in [-0.15, -0.1) is 0 Å². The number of carboxylic acid groups (broad SMARTS) is 1. The molecule has 1 saturated carbocycles. The van der Waals surface area contributed by atoms with Gasteiger partial charge in [-0.1, -0.05) is 6.92 Å². The normalized spacial score (nSPS) is 17.2. The van der Waals surface area contributed by atoms with E-state index in [-0.39, 0.29) is 16.9 Å². The van der Waals surface area contributed by atoms with Crippen LogP contribution in [0.15, 0.2) is 18.2 Å². The Morgan fingerprint density at radius 3 is 2.72 bits per heavy atom. The van der Waals surface area contributed by atoms with Crippen LogP contribution >= 0.6 is 0 Å². The summed E-state index contributed by atoms with van der Waals surface area (Å²) < 4.78 is 13.6. The van der Waals surface area contributed by atoms with E-state index in [1.807, 2.05) is 0 Å². The van der Waals surface area contributed by atoms with Crippen LogP contribution in [0, 0.1) is 5.82 Å². The van der Waals surface area contributed by atoms with Gasteiger partial charge in [-0.2, -0.15) is 0 Å². The first-order valence-corrected chi connectivity index (χ1v) is 6.33. The van der Waals surface area contributed by atoms with Gasteiger partial charge in [0.05, 0.1) is 5.56 Å². The van der Waals surface area contributed by atoms with Gasteiger partial charge in [-0.25, -0.2) is 9.18 Å². The fourth-order valence-electron chi connectivity index (χ4n) is 2.38. The molecule has 0 aliphatic heterocycles. The van der Waals surface area contributed by atoms with E-state index < -0.39 is 5.97 Å². The monoisotopic (exact) mass is 251 g/mol. The quantitative estimate of drug-likeness (QED) is 0.846. The number of benzene rings is 1. The number of hydrogen-bond donors (Lipinski definition) is 2. The van der Waals surface area contributed by atoms with Crippen LogP contribution in [0.4, 0.5) is 4.39 Å². The molecule has 3 nitrogen and oxygen atoms in total. The molecule has 1 fully saturated rings. The summed E-state index contributed by atoms with van der Waals surface area (Å²) in [5, 5.41) is 12.3. The Kier molecular flexibility index (Phi) is 3.66. The highest BCUT2D eigenvalue weighted by atomic mass is 19.1. The average molecular weight is 251 g/mol. The van der Waals surface area contributed by atoms with Crippen molar-refractivity contribution in [2.24, 2.45) is 0 Å². The van der Waals surface area contributed by atoms with Crippen molar-refractivity contribution in [1.29, 1.82) is 0 Å². The minimum Gasteiger partial charge on any atom is -0.478 e. The van der Waals surface area contributed by atoms with Gasteiger partial charge < -0.3 is 10.4 Å². The van der Waals surface area contributed by atoms with Crippen LogP contribution in [-0.4, -0.2) is 16.6 Å². The Balaban J connectivity index is 2.08. The number of nitrogens with one attached hydrogen (secondary N) is 1. The van der Waals surface area contributed by atoms with E-state index in [0.717, 1.165) is 19.3 Å². The second kappa shape index (κ2) is 5.06. The maximum atomic E-state index is 13.6. The van der Waals surface area contributed by atoms with Crippen molar-refractivity contribution in [3.63, 3.8) is 0 Å². The van der Waals surface area contributed by atoms with E-state index in [4.69, 9.17) is 5.11 Å². The summed E-state index contributed by atoms with van der Waals surface area (Å²) in [5.74, 6) is -1.37. The number of hydrogen-bond acceptors (Lipinski definition) is 2. The maximum absolute atomic E-state index is 13.6. The maximum Gasteiger partial charge on any atom is 0.335 e. The minimum atomic E-state index is -1.02. The van der Waals surface area contributed by atoms with Gasteiger partial charge in [0.1, 0.15) is 5.82 Å². The van der Waals surface area contributed by atoms with Gasteiger partial charge in [-0.05, 0) is 43.9 Å². The number of rotatable bonds is 5. The molecule has 0 spiro atoms. The largest absolute Gasteiger partial charge is 0.478 e. The molecule has 1 aliphatic rings. The topological polar surface area (TPSA) is 49.3 Å². The van der Waals surface area contributed by atoms with E-state index >= 15 is 0 Å². The van der Waals surface area contributed by atoms with Crippen molar-refractivity contribution in [1.82, 2.24) is 5.32 Å². The molecule has 0 radical (unpaired) electrons. The summed E-state index contributed by atoms with van der Waals surface area (Å²) >= 11 is 0. The molecular formula is C14H18FNO2. The minimum absolute atomic E-state index is 0.131. The molecule has 1 aliphatic carbocycles. The number of halogens is 1. The van der Waals surface area contributed by atoms with Crippen molar-refractivity contribution < 1.29 is 14.3 Å². The van der Waals surface area contributed by atoms with Crippen LogP contribution in [0.25, 0.3) is 0 Å². The molecule has 1 aromatic rings. The Morgan fingerprint density at radius 1 is 1.50 bits per heavy atom. The zero-order valence-electron chi connectivity index (χ0n) is 10.5. The lowest BCUT2D eigenvalue weighted by Gasteiger charge is -2.42. The van der Waals surface area contributed by atoms with Crippen molar-refractivity contribution in [3.05, 3.63) is 35.1 Å². The molecular weight excluding hydrogens is 233 g/mol. The van der Waals surface area contributed by atoms with E-state index in [2.05, 4.69) is 12.2 Å².